The molecular weight excluding hydrogens is 446 g/mol. The van der Waals surface area contributed by atoms with Crippen LogP contribution in [0.3, 0.4) is 0 Å². The molecule has 0 unspecified atom stereocenters. The summed E-state index contributed by atoms with van der Waals surface area (Å²) in [4.78, 5) is 15.8. The highest BCUT2D eigenvalue weighted by Crippen LogP contribution is 2.28. The molecule has 0 N–H and O–H groups in total. The van der Waals surface area contributed by atoms with E-state index in [-0.39, 0.29) is 11.7 Å². The van der Waals surface area contributed by atoms with Gasteiger partial charge in [0.15, 0.2) is 0 Å². The van der Waals surface area contributed by atoms with Gasteiger partial charge in [0.1, 0.15) is 5.76 Å². The molecule has 1 aliphatic rings. The van der Waals surface area contributed by atoms with Crippen LogP contribution in [0, 0.1) is 6.92 Å². The number of carbonyl (C=O) groups excluding carboxylic acids is 1. The molecule has 0 spiro atoms. The molecule has 0 atom stereocenters. The number of aryl methyl sites for hydroxylation is 1. The molecule has 1 amide bonds. The zero-order chi connectivity index (χ0) is 22.6. The Labute approximate surface area is 192 Å². The average molecular weight is 472 g/mol. The number of carbonyl (C=O) groups is 1. The molecule has 2 heterocycles. The minimum Gasteiger partial charge on any atom is -0.360 e. The third-order valence-corrected chi connectivity index (χ3v) is 8.22. The van der Waals surface area contributed by atoms with Crippen LogP contribution in [0.4, 0.5) is 0 Å². The summed E-state index contributed by atoms with van der Waals surface area (Å²) in [7, 11) is -3.42. The average Bonchev–Trinajstić information content (AvgIpc) is 3.23. The van der Waals surface area contributed by atoms with E-state index in [1.165, 1.54) is 16.1 Å². The van der Waals surface area contributed by atoms with Gasteiger partial charge in [-0.3, -0.25) is 4.79 Å². The summed E-state index contributed by atoms with van der Waals surface area (Å²) in [5, 5.41) is 3.90. The maximum Gasteiger partial charge on any atom is 0.255 e. The first-order valence-corrected chi connectivity index (χ1v) is 13.0. The lowest BCUT2D eigenvalue weighted by atomic mass is 10.2. The Morgan fingerprint density at radius 1 is 1.03 bits per heavy atom. The van der Waals surface area contributed by atoms with Crippen LogP contribution in [0.15, 0.2) is 70.1 Å². The second kappa shape index (κ2) is 9.89. The highest BCUT2D eigenvalue weighted by Gasteiger charge is 2.30. The van der Waals surface area contributed by atoms with Crippen molar-refractivity contribution in [3.8, 4) is 0 Å². The molecule has 4 rings (SSSR count). The van der Waals surface area contributed by atoms with Crippen LogP contribution < -0.4 is 0 Å². The van der Waals surface area contributed by atoms with Gasteiger partial charge in [-0.05, 0) is 24.6 Å². The number of sulfonamides is 1. The van der Waals surface area contributed by atoms with Gasteiger partial charge < -0.3 is 9.42 Å². The maximum absolute atomic E-state index is 13.2. The van der Waals surface area contributed by atoms with Gasteiger partial charge in [-0.15, -0.1) is 11.8 Å². The van der Waals surface area contributed by atoms with Crippen molar-refractivity contribution in [1.82, 2.24) is 14.4 Å². The summed E-state index contributed by atoms with van der Waals surface area (Å²) in [5.41, 5.74) is 2.21. The Morgan fingerprint density at radius 2 is 1.72 bits per heavy atom. The van der Waals surface area contributed by atoms with Crippen LogP contribution in [0.5, 0.6) is 0 Å². The Kier molecular flexibility index (Phi) is 6.98. The van der Waals surface area contributed by atoms with E-state index in [1.807, 2.05) is 67.6 Å². The number of benzene rings is 2. The van der Waals surface area contributed by atoms with Crippen LogP contribution in [-0.2, 0) is 21.5 Å². The summed E-state index contributed by atoms with van der Waals surface area (Å²) in [6.07, 6.45) is 0. The molecule has 1 fully saturated rings. The standard InChI is InChI=1S/C23H25N3O4S2/c1-18-15-20(30-24-18)16-31-22-10-6-5-9-21(22)23(27)25-11-13-26(14-12-25)32(28,29)17-19-7-3-2-4-8-19/h2-10,15H,11-14,16-17H2,1H3. The fraction of sp³-hybridized carbons (Fsp3) is 0.304. The van der Waals surface area contributed by atoms with Crippen molar-refractivity contribution in [3.05, 3.63) is 83.2 Å². The first-order valence-electron chi connectivity index (χ1n) is 10.4. The predicted octanol–water partition coefficient (Wildman–Crippen LogP) is 3.56. The van der Waals surface area contributed by atoms with E-state index in [9.17, 15) is 13.2 Å². The molecule has 168 valence electrons. The van der Waals surface area contributed by atoms with Crippen LogP contribution in [-0.4, -0.2) is 54.9 Å². The van der Waals surface area contributed by atoms with Crippen molar-refractivity contribution in [2.24, 2.45) is 0 Å². The molecule has 0 aliphatic carbocycles. The van der Waals surface area contributed by atoms with Crippen LogP contribution in [0.1, 0.15) is 27.4 Å². The van der Waals surface area contributed by atoms with Gasteiger partial charge >= 0.3 is 0 Å². The molecule has 1 aromatic heterocycles. The number of thioether (sulfide) groups is 1. The van der Waals surface area contributed by atoms with E-state index in [0.717, 1.165) is 21.9 Å². The quantitative estimate of drug-likeness (QED) is 0.490. The van der Waals surface area contributed by atoms with Gasteiger partial charge in [-0.25, -0.2) is 8.42 Å². The Bertz CT molecular complexity index is 1170. The van der Waals surface area contributed by atoms with Gasteiger partial charge in [-0.2, -0.15) is 4.31 Å². The highest BCUT2D eigenvalue weighted by atomic mass is 32.2. The van der Waals surface area contributed by atoms with Crippen molar-refractivity contribution in [3.63, 3.8) is 0 Å². The predicted molar refractivity (Wildman–Crippen MR) is 124 cm³/mol. The molecular formula is C23H25N3O4S2. The summed E-state index contributed by atoms with van der Waals surface area (Å²) < 4.78 is 32.3. The Balaban J connectivity index is 1.38. The lowest BCUT2D eigenvalue weighted by Gasteiger charge is -2.34. The van der Waals surface area contributed by atoms with Crippen molar-refractivity contribution in [2.75, 3.05) is 26.2 Å². The van der Waals surface area contributed by atoms with Gasteiger partial charge in [0, 0.05) is 37.1 Å². The maximum atomic E-state index is 13.2. The molecule has 3 aromatic rings. The fourth-order valence-electron chi connectivity index (χ4n) is 3.62. The van der Waals surface area contributed by atoms with E-state index in [0.29, 0.717) is 37.5 Å². The summed E-state index contributed by atoms with van der Waals surface area (Å²) >= 11 is 1.52. The number of piperazine rings is 1. The first kappa shape index (κ1) is 22.6. The molecule has 0 saturated carbocycles. The zero-order valence-electron chi connectivity index (χ0n) is 17.8. The van der Waals surface area contributed by atoms with Crippen LogP contribution in [0.2, 0.25) is 0 Å². The van der Waals surface area contributed by atoms with Crippen LogP contribution >= 0.6 is 11.8 Å². The SMILES string of the molecule is Cc1cc(CSc2ccccc2C(=O)N2CCN(S(=O)(=O)Cc3ccccc3)CC2)on1. The van der Waals surface area contributed by atoms with E-state index in [4.69, 9.17) is 4.52 Å². The molecule has 7 nitrogen and oxygen atoms in total. The summed E-state index contributed by atoms with van der Waals surface area (Å²) in [6, 6.07) is 18.5. The van der Waals surface area contributed by atoms with E-state index in [2.05, 4.69) is 5.16 Å². The Hall–Kier alpha value is -2.62. The molecule has 1 saturated heterocycles. The second-order valence-corrected chi connectivity index (χ2v) is 10.6. The minimum absolute atomic E-state index is 0.0254. The first-order chi connectivity index (χ1) is 15.4. The molecule has 32 heavy (non-hydrogen) atoms. The topological polar surface area (TPSA) is 83.7 Å². The van der Waals surface area contributed by atoms with Gasteiger partial charge in [0.2, 0.25) is 10.0 Å². The molecule has 1 aliphatic heterocycles. The van der Waals surface area contributed by atoms with Crippen molar-refractivity contribution >= 4 is 27.7 Å². The molecule has 9 heteroatoms. The van der Waals surface area contributed by atoms with Crippen molar-refractivity contribution in [1.29, 1.82) is 0 Å². The number of hydrogen-bond acceptors (Lipinski definition) is 6. The van der Waals surface area contributed by atoms with Gasteiger partial charge in [0.05, 0.1) is 22.8 Å². The normalized spacial score (nSPS) is 15.1. The fourth-order valence-corrected chi connectivity index (χ4v) is 6.05. The summed E-state index contributed by atoms with van der Waals surface area (Å²) in [5.74, 6) is 1.23. The molecule has 0 radical (unpaired) electrons. The highest BCUT2D eigenvalue weighted by molar-refractivity contribution is 7.98. The smallest absolute Gasteiger partial charge is 0.255 e. The zero-order valence-corrected chi connectivity index (χ0v) is 19.4. The number of nitrogens with zero attached hydrogens (tertiary/aromatic N) is 3. The van der Waals surface area contributed by atoms with Gasteiger partial charge in [0.25, 0.3) is 5.91 Å². The van der Waals surface area contributed by atoms with E-state index in [1.54, 1.807) is 4.90 Å². The van der Waals surface area contributed by atoms with Crippen LogP contribution in [0.25, 0.3) is 0 Å². The van der Waals surface area contributed by atoms with E-state index < -0.39 is 10.0 Å². The third-order valence-electron chi connectivity index (χ3n) is 5.28. The van der Waals surface area contributed by atoms with Crippen molar-refractivity contribution in [2.45, 2.75) is 23.3 Å². The lowest BCUT2D eigenvalue weighted by Crippen LogP contribution is -2.50. The minimum atomic E-state index is -3.42. The molecule has 2 aromatic carbocycles. The van der Waals surface area contributed by atoms with Crippen molar-refractivity contribution < 1.29 is 17.7 Å². The monoisotopic (exact) mass is 471 g/mol. The number of aromatic nitrogens is 1. The Morgan fingerprint density at radius 3 is 2.41 bits per heavy atom. The van der Waals surface area contributed by atoms with Gasteiger partial charge in [-0.1, -0.05) is 47.6 Å². The number of hydrogen-bond donors (Lipinski definition) is 0. The lowest BCUT2D eigenvalue weighted by molar-refractivity contribution is 0.0694. The summed E-state index contributed by atoms with van der Waals surface area (Å²) in [6.45, 7) is 3.20. The second-order valence-electron chi connectivity index (χ2n) is 7.65. The van der Waals surface area contributed by atoms with E-state index >= 15 is 0 Å². The number of amides is 1. The number of rotatable bonds is 7. The largest absolute Gasteiger partial charge is 0.360 e. The molecule has 0 bridgehead atoms. The third kappa shape index (κ3) is 5.40.